The fourth-order valence-electron chi connectivity index (χ4n) is 3.30. The van der Waals surface area contributed by atoms with Crippen molar-refractivity contribution in [3.8, 4) is 5.88 Å². The van der Waals surface area contributed by atoms with Gasteiger partial charge in [-0.25, -0.2) is 4.98 Å². The molecule has 2 heterocycles. The van der Waals surface area contributed by atoms with E-state index in [1.807, 2.05) is 7.05 Å². The van der Waals surface area contributed by atoms with Gasteiger partial charge in [-0.1, -0.05) is 13.8 Å². The summed E-state index contributed by atoms with van der Waals surface area (Å²) in [7, 11) is 3.46. The largest absolute Gasteiger partial charge is 0.480 e. The second-order valence-electron chi connectivity index (χ2n) is 6.50. The number of piperazine rings is 1. The highest BCUT2D eigenvalue weighted by molar-refractivity contribution is 9.10. The molecule has 1 aromatic heterocycles. The topological polar surface area (TPSA) is 69.1 Å². The van der Waals surface area contributed by atoms with E-state index in [1.54, 1.807) is 13.3 Å². The Kier molecular flexibility index (Phi) is 8.56. The lowest BCUT2D eigenvalue weighted by Gasteiger charge is -2.37. The molecule has 0 amide bonds. The first kappa shape index (κ1) is 21.7. The van der Waals surface area contributed by atoms with Crippen molar-refractivity contribution in [1.29, 1.82) is 0 Å². The Labute approximate surface area is 171 Å². The SMILES string of the molecule is CCN(CC)C(C)CNC(=NC)N1CCN(c2ncc(Br)c(OC)n2)CC1. The number of ether oxygens (including phenoxy) is 1. The molecule has 1 aliphatic heterocycles. The number of hydrogen-bond donors (Lipinski definition) is 1. The molecule has 0 bridgehead atoms. The highest BCUT2D eigenvalue weighted by Gasteiger charge is 2.22. The lowest BCUT2D eigenvalue weighted by Crippen LogP contribution is -2.54. The van der Waals surface area contributed by atoms with E-state index in [0.29, 0.717) is 17.9 Å². The molecule has 9 heteroatoms. The number of halogens is 1. The fourth-order valence-corrected chi connectivity index (χ4v) is 3.66. The Morgan fingerprint density at radius 1 is 1.33 bits per heavy atom. The number of likely N-dealkylation sites (N-methyl/N-ethyl adjacent to an activating group) is 1. The van der Waals surface area contributed by atoms with Crippen molar-refractivity contribution in [1.82, 2.24) is 25.1 Å². The smallest absolute Gasteiger partial charge is 0.232 e. The van der Waals surface area contributed by atoms with Crippen molar-refractivity contribution >= 4 is 27.8 Å². The molecule has 1 atom stereocenters. The van der Waals surface area contributed by atoms with Crippen LogP contribution in [0.1, 0.15) is 20.8 Å². The number of nitrogens with one attached hydrogen (secondary N) is 1. The maximum atomic E-state index is 5.28. The molecule has 8 nitrogen and oxygen atoms in total. The lowest BCUT2D eigenvalue weighted by atomic mass is 10.2. The molecule has 1 aliphatic rings. The molecule has 1 N–H and O–H groups in total. The number of methoxy groups -OCH3 is 1. The van der Waals surface area contributed by atoms with Crippen LogP contribution in [0.3, 0.4) is 0 Å². The van der Waals surface area contributed by atoms with Gasteiger partial charge in [0.05, 0.1) is 17.8 Å². The van der Waals surface area contributed by atoms with E-state index in [4.69, 9.17) is 4.74 Å². The Morgan fingerprint density at radius 3 is 2.56 bits per heavy atom. The molecule has 0 aromatic carbocycles. The zero-order valence-corrected chi connectivity index (χ0v) is 18.7. The number of rotatable bonds is 7. The van der Waals surface area contributed by atoms with E-state index in [1.165, 1.54) is 0 Å². The first-order valence-electron chi connectivity index (χ1n) is 9.55. The summed E-state index contributed by atoms with van der Waals surface area (Å²) in [6.07, 6.45) is 1.74. The first-order chi connectivity index (χ1) is 13.0. The highest BCUT2D eigenvalue weighted by atomic mass is 79.9. The Bertz CT molecular complexity index is 616. The summed E-state index contributed by atoms with van der Waals surface area (Å²) in [6, 6.07) is 0.474. The van der Waals surface area contributed by atoms with Gasteiger partial charge in [-0.15, -0.1) is 0 Å². The number of aromatic nitrogens is 2. The summed E-state index contributed by atoms with van der Waals surface area (Å²) < 4.78 is 6.04. The highest BCUT2D eigenvalue weighted by Crippen LogP contribution is 2.23. The summed E-state index contributed by atoms with van der Waals surface area (Å²) in [5, 5.41) is 3.53. The van der Waals surface area contributed by atoms with Crippen LogP contribution in [0.25, 0.3) is 0 Å². The Hall–Kier alpha value is -1.61. The van der Waals surface area contributed by atoms with Crippen molar-refractivity contribution in [2.24, 2.45) is 4.99 Å². The van der Waals surface area contributed by atoms with E-state index in [2.05, 4.69) is 71.7 Å². The summed E-state index contributed by atoms with van der Waals surface area (Å²) in [5.41, 5.74) is 0. The lowest BCUT2D eigenvalue weighted by molar-refractivity contribution is 0.229. The van der Waals surface area contributed by atoms with Gasteiger partial charge in [-0.3, -0.25) is 9.89 Å². The van der Waals surface area contributed by atoms with E-state index in [9.17, 15) is 0 Å². The van der Waals surface area contributed by atoms with Crippen LogP contribution in [-0.4, -0.2) is 91.7 Å². The first-order valence-corrected chi connectivity index (χ1v) is 10.3. The third-order valence-electron chi connectivity index (χ3n) is 4.96. The van der Waals surface area contributed by atoms with Gasteiger partial charge in [0.1, 0.15) is 0 Å². The standard InChI is InChI=1S/C18H32BrN7O/c1-6-24(7-2)14(3)12-21-17(20-4)25-8-10-26(11-9-25)18-22-13-15(19)16(23-18)27-5/h13-14H,6-12H2,1-5H3,(H,20,21). The number of anilines is 1. The third kappa shape index (κ3) is 5.68. The zero-order valence-electron chi connectivity index (χ0n) is 17.1. The molecule has 27 heavy (non-hydrogen) atoms. The quantitative estimate of drug-likeness (QED) is 0.509. The molecule has 0 radical (unpaired) electrons. The number of hydrogen-bond acceptors (Lipinski definition) is 6. The van der Waals surface area contributed by atoms with Crippen LogP contribution in [0.4, 0.5) is 5.95 Å². The normalized spacial score (nSPS) is 16.6. The van der Waals surface area contributed by atoms with Crippen molar-refractivity contribution in [2.45, 2.75) is 26.8 Å². The molecule has 1 fully saturated rings. The van der Waals surface area contributed by atoms with Crippen molar-refractivity contribution < 1.29 is 4.74 Å². The van der Waals surface area contributed by atoms with Crippen molar-refractivity contribution in [3.05, 3.63) is 10.7 Å². The molecule has 2 rings (SSSR count). The average molecular weight is 442 g/mol. The average Bonchev–Trinajstić information content (AvgIpc) is 2.70. The zero-order chi connectivity index (χ0) is 19.8. The predicted molar refractivity (Wildman–Crippen MR) is 114 cm³/mol. The van der Waals surface area contributed by atoms with Crippen LogP contribution >= 0.6 is 15.9 Å². The summed E-state index contributed by atoms with van der Waals surface area (Å²) in [4.78, 5) is 20.3. The third-order valence-corrected chi connectivity index (χ3v) is 5.50. The predicted octanol–water partition coefficient (Wildman–Crippen LogP) is 1.68. The van der Waals surface area contributed by atoms with Crippen LogP contribution < -0.4 is 15.0 Å². The molecule has 1 unspecified atom stereocenters. The number of aliphatic imine (C=N–C) groups is 1. The van der Waals surface area contributed by atoms with Gasteiger partial charge < -0.3 is 19.9 Å². The van der Waals surface area contributed by atoms with Crippen LogP contribution in [-0.2, 0) is 0 Å². The fraction of sp³-hybridized carbons (Fsp3) is 0.722. The van der Waals surface area contributed by atoms with E-state index in [-0.39, 0.29) is 0 Å². The van der Waals surface area contributed by atoms with Gasteiger partial charge in [0.25, 0.3) is 0 Å². The van der Waals surface area contributed by atoms with E-state index in [0.717, 1.165) is 56.2 Å². The van der Waals surface area contributed by atoms with Crippen LogP contribution in [0.15, 0.2) is 15.7 Å². The van der Waals surface area contributed by atoms with Gasteiger partial charge in [-0.05, 0) is 35.9 Å². The second-order valence-corrected chi connectivity index (χ2v) is 7.35. The van der Waals surface area contributed by atoms with Gasteiger partial charge in [0, 0.05) is 45.8 Å². The second kappa shape index (κ2) is 10.7. The maximum absolute atomic E-state index is 5.28. The van der Waals surface area contributed by atoms with Gasteiger partial charge in [0.15, 0.2) is 5.96 Å². The van der Waals surface area contributed by atoms with Crippen molar-refractivity contribution in [3.63, 3.8) is 0 Å². The minimum absolute atomic E-state index is 0.474. The molecule has 1 saturated heterocycles. The molecule has 0 spiro atoms. The van der Waals surface area contributed by atoms with Gasteiger partial charge in [-0.2, -0.15) is 4.98 Å². The minimum Gasteiger partial charge on any atom is -0.480 e. The Morgan fingerprint density at radius 2 is 2.00 bits per heavy atom. The molecular formula is C18H32BrN7O. The number of nitrogens with zero attached hydrogens (tertiary/aromatic N) is 6. The molecule has 0 saturated carbocycles. The summed E-state index contributed by atoms with van der Waals surface area (Å²) in [5.74, 6) is 2.22. The maximum Gasteiger partial charge on any atom is 0.232 e. The van der Waals surface area contributed by atoms with Crippen LogP contribution in [0, 0.1) is 0 Å². The van der Waals surface area contributed by atoms with E-state index >= 15 is 0 Å². The van der Waals surface area contributed by atoms with Crippen molar-refractivity contribution in [2.75, 3.05) is 64.9 Å². The van der Waals surface area contributed by atoms with Gasteiger partial charge in [0.2, 0.25) is 11.8 Å². The minimum atomic E-state index is 0.474. The monoisotopic (exact) mass is 441 g/mol. The molecular weight excluding hydrogens is 410 g/mol. The Balaban J connectivity index is 1.89. The molecule has 152 valence electrons. The van der Waals surface area contributed by atoms with Crippen LogP contribution in [0.5, 0.6) is 5.88 Å². The van der Waals surface area contributed by atoms with Crippen LogP contribution in [0.2, 0.25) is 0 Å². The molecule has 1 aromatic rings. The molecule has 0 aliphatic carbocycles. The summed E-state index contributed by atoms with van der Waals surface area (Å²) in [6.45, 7) is 13.1. The number of guanidine groups is 1. The van der Waals surface area contributed by atoms with Gasteiger partial charge >= 0.3 is 0 Å². The van der Waals surface area contributed by atoms with E-state index < -0.39 is 0 Å². The summed E-state index contributed by atoms with van der Waals surface area (Å²) >= 11 is 3.40.